The van der Waals surface area contributed by atoms with Gasteiger partial charge in [0, 0.05) is 17.0 Å². The third-order valence-corrected chi connectivity index (χ3v) is 2.79. The summed E-state index contributed by atoms with van der Waals surface area (Å²) >= 11 is 8.81. The Bertz CT molecular complexity index is 385. The molecule has 16 heavy (non-hydrogen) atoms. The summed E-state index contributed by atoms with van der Waals surface area (Å²) in [5, 5.41) is 0.388. The van der Waals surface area contributed by atoms with E-state index in [1.807, 2.05) is 0 Å². The Morgan fingerprint density at radius 3 is 2.75 bits per heavy atom. The van der Waals surface area contributed by atoms with E-state index in [-0.39, 0.29) is 33.9 Å². The topological polar surface area (TPSA) is 26.3 Å². The molecule has 0 fully saturated rings. The summed E-state index contributed by atoms with van der Waals surface area (Å²) in [4.78, 5) is 11.2. The van der Waals surface area contributed by atoms with E-state index in [4.69, 9.17) is 11.6 Å². The van der Waals surface area contributed by atoms with Gasteiger partial charge in [-0.15, -0.1) is 0 Å². The third kappa shape index (κ3) is 3.72. The van der Waals surface area contributed by atoms with Crippen LogP contribution in [0.25, 0.3) is 0 Å². The van der Waals surface area contributed by atoms with Crippen LogP contribution in [-0.2, 0) is 11.2 Å². The number of Topliss-reactive ketones (excluding diaryl/α,β-unsaturated/α-hetero) is 1. The molecule has 0 saturated carbocycles. The van der Waals surface area contributed by atoms with Crippen molar-refractivity contribution in [1.29, 1.82) is 0 Å². The van der Waals surface area contributed by atoms with E-state index in [1.54, 1.807) is 0 Å². The van der Waals surface area contributed by atoms with Crippen LogP contribution >= 0.6 is 27.5 Å². The van der Waals surface area contributed by atoms with Crippen LogP contribution in [0.15, 0.2) is 18.2 Å². The van der Waals surface area contributed by atoms with Crippen molar-refractivity contribution in [3.8, 4) is 5.75 Å². The van der Waals surface area contributed by atoms with Crippen LogP contribution in [0.3, 0.4) is 0 Å². The fraction of sp³-hybridized carbons (Fsp3) is 0.300. The molecule has 0 aromatic heterocycles. The molecule has 0 radical (unpaired) electrons. The van der Waals surface area contributed by atoms with Gasteiger partial charge >= 0.3 is 6.61 Å². The molecule has 0 aliphatic rings. The number of ether oxygens (including phenoxy) is 1. The zero-order chi connectivity index (χ0) is 12.1. The number of carbonyl (C=O) groups is 1. The highest BCUT2D eigenvalue weighted by molar-refractivity contribution is 9.09. The summed E-state index contributed by atoms with van der Waals surface area (Å²) in [6, 6.07) is 4.37. The van der Waals surface area contributed by atoms with Crippen molar-refractivity contribution in [1.82, 2.24) is 0 Å². The lowest BCUT2D eigenvalue weighted by Crippen LogP contribution is -2.09. The second-order valence-corrected chi connectivity index (χ2v) is 3.91. The van der Waals surface area contributed by atoms with Crippen molar-refractivity contribution in [2.24, 2.45) is 0 Å². The van der Waals surface area contributed by atoms with E-state index in [1.165, 1.54) is 18.2 Å². The number of carbonyl (C=O) groups excluding carboxylic acids is 1. The normalized spacial score (nSPS) is 10.6. The van der Waals surface area contributed by atoms with Crippen LogP contribution in [0.4, 0.5) is 8.78 Å². The highest BCUT2D eigenvalue weighted by Crippen LogP contribution is 2.28. The fourth-order valence-corrected chi connectivity index (χ4v) is 1.59. The number of benzene rings is 1. The maximum atomic E-state index is 12.1. The molecular formula is C10H8BrClF2O2. The number of rotatable bonds is 5. The van der Waals surface area contributed by atoms with E-state index < -0.39 is 6.61 Å². The van der Waals surface area contributed by atoms with Gasteiger partial charge in [0.05, 0.1) is 5.33 Å². The van der Waals surface area contributed by atoms with Crippen LogP contribution < -0.4 is 4.74 Å². The Hall–Kier alpha value is -0.680. The van der Waals surface area contributed by atoms with Gasteiger partial charge in [0.2, 0.25) is 0 Å². The standard InChI is InChI=1S/C10H8BrClF2O2/c11-5-6(15)4-7-8(12)2-1-3-9(7)16-10(13)14/h1-3,10H,4-5H2. The highest BCUT2D eigenvalue weighted by atomic mass is 79.9. The van der Waals surface area contributed by atoms with E-state index in [9.17, 15) is 13.6 Å². The molecular weight excluding hydrogens is 305 g/mol. The summed E-state index contributed by atoms with van der Waals surface area (Å²) in [5.74, 6) is -0.219. The maximum absolute atomic E-state index is 12.1. The SMILES string of the molecule is O=C(CBr)Cc1c(Cl)cccc1OC(F)F. The van der Waals surface area contributed by atoms with Gasteiger partial charge in [0.15, 0.2) is 0 Å². The summed E-state index contributed by atoms with van der Waals surface area (Å²) in [6.07, 6.45) is -0.0347. The van der Waals surface area contributed by atoms with Gasteiger partial charge in [0.1, 0.15) is 11.5 Å². The fourth-order valence-electron chi connectivity index (χ4n) is 1.16. The van der Waals surface area contributed by atoms with Crippen LogP contribution in [0.1, 0.15) is 5.56 Å². The van der Waals surface area contributed by atoms with Gasteiger partial charge in [0.25, 0.3) is 0 Å². The summed E-state index contributed by atoms with van der Waals surface area (Å²) in [6.45, 7) is -2.93. The monoisotopic (exact) mass is 312 g/mol. The second-order valence-electron chi connectivity index (χ2n) is 2.94. The van der Waals surface area contributed by atoms with Crippen molar-refractivity contribution in [2.75, 3.05) is 5.33 Å². The van der Waals surface area contributed by atoms with Crippen LogP contribution in [0.5, 0.6) is 5.75 Å². The van der Waals surface area contributed by atoms with Crippen LogP contribution in [-0.4, -0.2) is 17.7 Å². The van der Waals surface area contributed by atoms with Gasteiger partial charge in [-0.05, 0) is 12.1 Å². The largest absolute Gasteiger partial charge is 0.434 e. The van der Waals surface area contributed by atoms with Crippen molar-refractivity contribution < 1.29 is 18.3 Å². The van der Waals surface area contributed by atoms with E-state index in [2.05, 4.69) is 20.7 Å². The molecule has 0 bridgehead atoms. The lowest BCUT2D eigenvalue weighted by Gasteiger charge is -2.11. The lowest BCUT2D eigenvalue weighted by molar-refractivity contribution is -0.116. The minimum absolute atomic E-state index is 0.0347. The zero-order valence-corrected chi connectivity index (χ0v) is 10.4. The summed E-state index contributed by atoms with van der Waals surface area (Å²) in [5.41, 5.74) is 0.286. The summed E-state index contributed by atoms with van der Waals surface area (Å²) in [7, 11) is 0. The average molecular weight is 314 g/mol. The van der Waals surface area contributed by atoms with Gasteiger partial charge in [-0.2, -0.15) is 8.78 Å². The lowest BCUT2D eigenvalue weighted by atomic mass is 10.1. The first kappa shape index (κ1) is 13.4. The molecule has 1 aromatic carbocycles. The smallest absolute Gasteiger partial charge is 0.387 e. The predicted molar refractivity (Wildman–Crippen MR) is 60.6 cm³/mol. The first-order chi connectivity index (χ1) is 7.54. The number of hydrogen-bond donors (Lipinski definition) is 0. The van der Waals surface area contributed by atoms with Crippen molar-refractivity contribution >= 4 is 33.3 Å². The van der Waals surface area contributed by atoms with Crippen molar-refractivity contribution in [3.63, 3.8) is 0 Å². The molecule has 0 aliphatic heterocycles. The molecule has 0 amide bonds. The van der Waals surface area contributed by atoms with Gasteiger partial charge < -0.3 is 4.74 Å². The van der Waals surface area contributed by atoms with Gasteiger partial charge in [-0.25, -0.2) is 0 Å². The third-order valence-electron chi connectivity index (χ3n) is 1.81. The number of ketones is 1. The Morgan fingerprint density at radius 2 is 2.19 bits per heavy atom. The average Bonchev–Trinajstić information content (AvgIpc) is 2.22. The molecule has 0 unspecified atom stereocenters. The Labute approximate surface area is 105 Å². The molecule has 0 atom stereocenters. The predicted octanol–water partition coefficient (Wildman–Crippen LogP) is 3.45. The maximum Gasteiger partial charge on any atom is 0.387 e. The minimum Gasteiger partial charge on any atom is -0.434 e. The molecule has 1 rings (SSSR count). The van der Waals surface area contributed by atoms with E-state index in [0.29, 0.717) is 0 Å². The Kier molecular flexibility index (Phi) is 5.15. The quantitative estimate of drug-likeness (QED) is 0.778. The second kappa shape index (κ2) is 6.15. The molecule has 0 N–H and O–H groups in total. The van der Waals surface area contributed by atoms with E-state index in [0.717, 1.165) is 0 Å². The molecule has 0 heterocycles. The highest BCUT2D eigenvalue weighted by Gasteiger charge is 2.14. The molecule has 88 valence electrons. The van der Waals surface area contributed by atoms with Crippen molar-refractivity contribution in [2.45, 2.75) is 13.0 Å². The summed E-state index contributed by atoms with van der Waals surface area (Å²) < 4.78 is 28.5. The molecule has 0 spiro atoms. The molecule has 0 aliphatic carbocycles. The molecule has 6 heteroatoms. The van der Waals surface area contributed by atoms with E-state index >= 15 is 0 Å². The van der Waals surface area contributed by atoms with Crippen LogP contribution in [0.2, 0.25) is 5.02 Å². The first-order valence-electron chi connectivity index (χ1n) is 4.34. The number of halogens is 4. The van der Waals surface area contributed by atoms with Crippen LogP contribution in [0, 0.1) is 0 Å². The minimum atomic E-state index is -2.93. The first-order valence-corrected chi connectivity index (χ1v) is 5.84. The Balaban J connectivity index is 2.98. The molecule has 2 nitrogen and oxygen atoms in total. The molecule has 0 saturated heterocycles. The Morgan fingerprint density at radius 1 is 1.50 bits per heavy atom. The zero-order valence-electron chi connectivity index (χ0n) is 8.05. The van der Waals surface area contributed by atoms with Gasteiger partial charge in [-0.3, -0.25) is 4.79 Å². The number of alkyl halides is 3. The number of hydrogen-bond acceptors (Lipinski definition) is 2. The molecule has 1 aromatic rings. The van der Waals surface area contributed by atoms with Crippen molar-refractivity contribution in [3.05, 3.63) is 28.8 Å². The van der Waals surface area contributed by atoms with Gasteiger partial charge in [-0.1, -0.05) is 33.6 Å².